The van der Waals surface area contributed by atoms with E-state index in [4.69, 9.17) is 9.98 Å². The van der Waals surface area contributed by atoms with E-state index in [1.54, 1.807) is 0 Å². The Morgan fingerprint density at radius 2 is 0.506 bits per heavy atom. The molecule has 2 aromatic carbocycles. The van der Waals surface area contributed by atoms with Crippen LogP contribution in [0.25, 0.3) is 0 Å². The zero-order valence-corrected chi connectivity index (χ0v) is 57.2. The molecule has 480 valence electrons. The first-order chi connectivity index (χ1) is 42.2. The maximum atomic E-state index is 5.43. The highest BCUT2D eigenvalue weighted by Crippen LogP contribution is 2.26. The van der Waals surface area contributed by atoms with E-state index >= 15 is 0 Å². The molecule has 0 saturated carbocycles. The largest absolute Gasteiger partial charge is 0.250 e. The van der Waals surface area contributed by atoms with E-state index in [1.165, 1.54) is 319 Å². The van der Waals surface area contributed by atoms with Crippen molar-refractivity contribution in [3.8, 4) is 35.5 Å². The van der Waals surface area contributed by atoms with Crippen LogP contribution in [0.3, 0.4) is 0 Å². The van der Waals surface area contributed by atoms with Crippen molar-refractivity contribution in [2.45, 2.75) is 407 Å². The standard InChI is InChI=1S/C83H138N2/c1-5-9-13-16-18-20-22-24-26-28-30-32-34-36-38-40-42-44-46-48-50-52-54-56-58-61-63-70-78-72-66-68-75-80(78)84-82(74-12-8-4)83(77-65-60-15-11-7-3)85-81-76-69-67-73-79(81)71-64-62-59-57-55-53-51-49-47-45-43-41-39-37-35-33-31-29-27-25-23-21-19-17-14-10-6-2/h66-69,72-73,75-76H,5-57,60,63-64,70-71,74H2,1-4H3. The lowest BCUT2D eigenvalue weighted by Gasteiger charge is -2.10. The maximum Gasteiger partial charge on any atom is 0.135 e. The second kappa shape index (κ2) is 63.5. The van der Waals surface area contributed by atoms with Crippen LogP contribution in [0.2, 0.25) is 0 Å². The third-order valence-electron chi connectivity index (χ3n) is 17.7. The van der Waals surface area contributed by atoms with Gasteiger partial charge in [-0.3, -0.25) is 4.99 Å². The van der Waals surface area contributed by atoms with E-state index in [-0.39, 0.29) is 0 Å². The topological polar surface area (TPSA) is 24.7 Å². The zero-order chi connectivity index (χ0) is 60.5. The molecule has 2 aromatic rings. The molecule has 2 heteroatoms. The molecule has 0 atom stereocenters. The van der Waals surface area contributed by atoms with E-state index in [9.17, 15) is 0 Å². The van der Waals surface area contributed by atoms with Crippen molar-refractivity contribution >= 4 is 22.8 Å². The average molecular weight is 1160 g/mol. The fraction of sp³-hybridized carbons (Fsp3) is 0.759. The SMILES string of the molecule is CCCCCC#CC(=Nc1ccccc1CCC#CCCCCCCCCCCCCCCCCCCCCCCCCC)C(CCCC)=Nc1ccccc1CCC#CCCCCCCCCCCCCCCCCCCCCCCCCC. The highest BCUT2D eigenvalue weighted by Gasteiger charge is 2.12. The molecule has 0 fully saturated rings. The highest BCUT2D eigenvalue weighted by atomic mass is 14.8. The van der Waals surface area contributed by atoms with Crippen molar-refractivity contribution in [2.24, 2.45) is 9.98 Å². The van der Waals surface area contributed by atoms with Gasteiger partial charge in [0.1, 0.15) is 5.71 Å². The van der Waals surface area contributed by atoms with E-state index in [2.05, 4.69) is 112 Å². The summed E-state index contributed by atoms with van der Waals surface area (Å²) in [5.74, 6) is 21.2. The fourth-order valence-electron chi connectivity index (χ4n) is 12.0. The lowest BCUT2D eigenvalue weighted by atomic mass is 10.0. The summed E-state index contributed by atoms with van der Waals surface area (Å²) < 4.78 is 0. The van der Waals surface area contributed by atoms with Crippen molar-refractivity contribution in [3.63, 3.8) is 0 Å². The number of aliphatic imine (C=N–C) groups is 2. The first kappa shape index (κ1) is 77.6. The lowest BCUT2D eigenvalue weighted by Crippen LogP contribution is -2.13. The number of rotatable bonds is 59. The summed E-state index contributed by atoms with van der Waals surface area (Å²) in [4.78, 5) is 10.8. The van der Waals surface area contributed by atoms with Crippen molar-refractivity contribution in [3.05, 3.63) is 59.7 Å². The van der Waals surface area contributed by atoms with Gasteiger partial charge in [0.15, 0.2) is 0 Å². The second-order valence-electron chi connectivity index (χ2n) is 25.9. The molecular weight excluding hydrogens is 1020 g/mol. The molecule has 0 aliphatic heterocycles. The molecule has 0 N–H and O–H groups in total. The maximum absolute atomic E-state index is 5.43. The minimum Gasteiger partial charge on any atom is -0.250 e. The van der Waals surface area contributed by atoms with Crippen LogP contribution in [-0.2, 0) is 12.8 Å². The third-order valence-corrected chi connectivity index (χ3v) is 17.7. The van der Waals surface area contributed by atoms with Crippen molar-refractivity contribution in [1.29, 1.82) is 0 Å². The molecule has 0 aliphatic rings. The molecule has 0 bridgehead atoms. The molecule has 0 spiro atoms. The molecule has 0 heterocycles. The fourth-order valence-corrected chi connectivity index (χ4v) is 12.0. The summed E-state index contributed by atoms with van der Waals surface area (Å²) in [7, 11) is 0. The minimum atomic E-state index is 0.828. The minimum absolute atomic E-state index is 0.828. The molecule has 0 unspecified atom stereocenters. The molecule has 2 rings (SSSR count). The Hall–Kier alpha value is -3.54. The van der Waals surface area contributed by atoms with Gasteiger partial charge in [-0.25, -0.2) is 4.99 Å². The summed E-state index contributed by atoms with van der Waals surface area (Å²) in [6.07, 6.45) is 78.6. The van der Waals surface area contributed by atoms with E-state index < -0.39 is 0 Å². The molecule has 2 nitrogen and oxygen atoms in total. The first-order valence-corrected chi connectivity index (χ1v) is 38.0. The molecule has 0 saturated heterocycles. The van der Waals surface area contributed by atoms with Gasteiger partial charge in [-0.2, -0.15) is 0 Å². The van der Waals surface area contributed by atoms with Gasteiger partial charge in [0, 0.05) is 32.1 Å². The van der Waals surface area contributed by atoms with Crippen LogP contribution < -0.4 is 0 Å². The van der Waals surface area contributed by atoms with Crippen LogP contribution >= 0.6 is 0 Å². The Labute approximate surface area is 531 Å². The van der Waals surface area contributed by atoms with Gasteiger partial charge in [0.25, 0.3) is 0 Å². The normalized spacial score (nSPS) is 11.6. The zero-order valence-electron chi connectivity index (χ0n) is 57.2. The summed E-state index contributed by atoms with van der Waals surface area (Å²) >= 11 is 0. The summed E-state index contributed by atoms with van der Waals surface area (Å²) in [6.45, 7) is 9.14. The van der Waals surface area contributed by atoms with Crippen molar-refractivity contribution in [2.75, 3.05) is 0 Å². The Morgan fingerprint density at radius 3 is 0.835 bits per heavy atom. The van der Waals surface area contributed by atoms with Gasteiger partial charge >= 0.3 is 0 Å². The molecule has 0 amide bonds. The van der Waals surface area contributed by atoms with Gasteiger partial charge in [0.05, 0.1) is 17.1 Å². The monoisotopic (exact) mass is 1160 g/mol. The smallest absolute Gasteiger partial charge is 0.135 e. The first-order valence-electron chi connectivity index (χ1n) is 38.0. The number of benzene rings is 2. The molecular formula is C83H138N2. The van der Waals surface area contributed by atoms with Gasteiger partial charge in [0.2, 0.25) is 0 Å². The number of aryl methyl sites for hydroxylation is 2. The summed E-state index contributed by atoms with van der Waals surface area (Å²) in [5, 5.41) is 0. The summed E-state index contributed by atoms with van der Waals surface area (Å²) in [5.41, 5.74) is 6.38. The third kappa shape index (κ3) is 50.1. The summed E-state index contributed by atoms with van der Waals surface area (Å²) in [6, 6.07) is 17.4. The molecule has 0 aliphatic carbocycles. The molecule has 85 heavy (non-hydrogen) atoms. The van der Waals surface area contributed by atoms with Gasteiger partial charge < -0.3 is 0 Å². The number of para-hydroxylation sites is 2. The number of unbranched alkanes of at least 4 members (excludes halogenated alkanes) is 50. The van der Waals surface area contributed by atoms with E-state index in [1.807, 2.05) is 0 Å². The number of hydrogen-bond acceptors (Lipinski definition) is 2. The Morgan fingerprint density at radius 1 is 0.259 bits per heavy atom. The number of hydrogen-bond donors (Lipinski definition) is 0. The lowest BCUT2D eigenvalue weighted by molar-refractivity contribution is 0.518. The van der Waals surface area contributed by atoms with Crippen LogP contribution in [0.1, 0.15) is 405 Å². The van der Waals surface area contributed by atoms with Crippen molar-refractivity contribution in [1.82, 2.24) is 0 Å². The van der Waals surface area contributed by atoms with Gasteiger partial charge in [-0.15, -0.1) is 23.7 Å². The van der Waals surface area contributed by atoms with Crippen LogP contribution in [-0.4, -0.2) is 11.4 Å². The predicted octanol–water partition coefficient (Wildman–Crippen LogP) is 27.9. The Balaban J connectivity index is 1.71. The van der Waals surface area contributed by atoms with Crippen LogP contribution in [0, 0.1) is 35.5 Å². The quantitative estimate of drug-likeness (QED) is 0.0358. The van der Waals surface area contributed by atoms with E-state index in [0.29, 0.717) is 0 Å². The molecule has 0 aromatic heterocycles. The average Bonchev–Trinajstić information content (AvgIpc) is 3.72. The highest BCUT2D eigenvalue weighted by molar-refractivity contribution is 6.49. The van der Waals surface area contributed by atoms with Crippen molar-refractivity contribution < 1.29 is 0 Å². The predicted molar refractivity (Wildman–Crippen MR) is 384 cm³/mol. The van der Waals surface area contributed by atoms with Crippen LogP contribution in [0.15, 0.2) is 58.5 Å². The van der Waals surface area contributed by atoms with Crippen LogP contribution in [0.5, 0.6) is 0 Å². The Kier molecular flexibility index (Phi) is 57.9. The Bertz CT molecular complexity index is 2020. The molecule has 0 radical (unpaired) electrons. The number of nitrogens with zero attached hydrogens (tertiary/aromatic N) is 2. The van der Waals surface area contributed by atoms with Crippen LogP contribution in [0.4, 0.5) is 11.4 Å². The van der Waals surface area contributed by atoms with E-state index in [0.717, 1.165) is 93.4 Å². The second-order valence-corrected chi connectivity index (χ2v) is 25.9. The van der Waals surface area contributed by atoms with Gasteiger partial charge in [-0.1, -0.05) is 372 Å². The van der Waals surface area contributed by atoms with Gasteiger partial charge in [-0.05, 0) is 74.1 Å².